The molecule has 6 aromatic rings. The molecule has 222 valence electrons. The van der Waals surface area contributed by atoms with Crippen molar-refractivity contribution in [2.75, 3.05) is 0 Å². The van der Waals surface area contributed by atoms with E-state index in [9.17, 15) is 0 Å². The van der Waals surface area contributed by atoms with Crippen molar-refractivity contribution in [3.05, 3.63) is 213 Å². The molecular formula is C44H36N2. The highest BCUT2D eigenvalue weighted by molar-refractivity contribution is 5.77. The third-order valence-electron chi connectivity index (χ3n) is 9.46. The Labute approximate surface area is 271 Å². The molecule has 0 fully saturated rings. The van der Waals surface area contributed by atoms with Crippen molar-refractivity contribution < 1.29 is 0 Å². The number of nitrogens with one attached hydrogen (secondary N) is 2. The van der Waals surface area contributed by atoms with E-state index < -0.39 is 0 Å². The molecule has 2 nitrogen and oxygen atoms in total. The van der Waals surface area contributed by atoms with E-state index in [1.807, 2.05) is 0 Å². The van der Waals surface area contributed by atoms with Crippen LogP contribution in [0.2, 0.25) is 0 Å². The van der Waals surface area contributed by atoms with Gasteiger partial charge in [-0.25, -0.2) is 0 Å². The van der Waals surface area contributed by atoms with Gasteiger partial charge in [0, 0.05) is 0 Å². The van der Waals surface area contributed by atoms with E-state index in [1.54, 1.807) is 0 Å². The smallest absolute Gasteiger partial charge is 0.0593 e. The van der Waals surface area contributed by atoms with Gasteiger partial charge in [0.1, 0.15) is 0 Å². The molecule has 0 heterocycles. The van der Waals surface area contributed by atoms with Gasteiger partial charge in [0.05, 0.1) is 24.2 Å². The second-order valence-corrected chi connectivity index (χ2v) is 12.2. The summed E-state index contributed by atoms with van der Waals surface area (Å²) in [5.41, 5.74) is 12.6. The average Bonchev–Trinajstić information content (AvgIpc) is 3.39. The van der Waals surface area contributed by atoms with E-state index >= 15 is 0 Å². The van der Waals surface area contributed by atoms with Crippen LogP contribution in [0.25, 0.3) is 24.3 Å². The topological polar surface area (TPSA) is 24.1 Å². The third-order valence-corrected chi connectivity index (χ3v) is 9.46. The van der Waals surface area contributed by atoms with E-state index in [2.05, 4.69) is 193 Å². The van der Waals surface area contributed by atoms with Crippen molar-refractivity contribution in [1.82, 2.24) is 10.6 Å². The first-order valence-corrected chi connectivity index (χ1v) is 16.2. The Hall–Kier alpha value is -5.28. The lowest BCUT2D eigenvalue weighted by Gasteiger charge is -2.37. The monoisotopic (exact) mass is 592 g/mol. The summed E-state index contributed by atoms with van der Waals surface area (Å²) in [4.78, 5) is 0. The SMILES string of the molecule is C1=Cc2ccccc2C(N[C@@H](c2ccccc2)[C@@H](NC2c3ccccc3C=Cc3ccccc32)c2ccccc2)c2ccccc21. The van der Waals surface area contributed by atoms with Gasteiger partial charge in [-0.1, -0.05) is 182 Å². The van der Waals surface area contributed by atoms with Crippen molar-refractivity contribution in [3.63, 3.8) is 0 Å². The van der Waals surface area contributed by atoms with Gasteiger partial charge in [-0.05, 0) is 55.6 Å². The van der Waals surface area contributed by atoms with Crippen molar-refractivity contribution >= 4 is 24.3 Å². The molecular weight excluding hydrogens is 556 g/mol. The minimum Gasteiger partial charge on any atom is -0.298 e. The fourth-order valence-electron chi connectivity index (χ4n) is 7.21. The molecule has 0 aliphatic heterocycles. The molecule has 8 rings (SSSR count). The lowest BCUT2D eigenvalue weighted by atomic mass is 9.86. The van der Waals surface area contributed by atoms with Gasteiger partial charge in [0.15, 0.2) is 0 Å². The average molecular weight is 593 g/mol. The first-order chi connectivity index (χ1) is 22.8. The summed E-state index contributed by atoms with van der Waals surface area (Å²) in [5, 5.41) is 8.52. The van der Waals surface area contributed by atoms with Gasteiger partial charge < -0.3 is 0 Å². The molecule has 46 heavy (non-hydrogen) atoms. The lowest BCUT2D eigenvalue weighted by molar-refractivity contribution is 0.346. The highest BCUT2D eigenvalue weighted by Crippen LogP contribution is 2.41. The number of hydrogen-bond donors (Lipinski definition) is 2. The van der Waals surface area contributed by atoms with Gasteiger partial charge in [-0.15, -0.1) is 0 Å². The Bertz CT molecular complexity index is 1780. The van der Waals surface area contributed by atoms with Crippen molar-refractivity contribution in [3.8, 4) is 0 Å². The molecule has 0 saturated heterocycles. The van der Waals surface area contributed by atoms with Crippen LogP contribution in [0.1, 0.15) is 79.8 Å². The Morgan fingerprint density at radius 3 is 0.870 bits per heavy atom. The van der Waals surface area contributed by atoms with Crippen molar-refractivity contribution in [2.45, 2.75) is 24.2 Å². The maximum atomic E-state index is 4.26. The third kappa shape index (κ3) is 5.43. The predicted molar refractivity (Wildman–Crippen MR) is 192 cm³/mol. The Morgan fingerprint density at radius 2 is 0.565 bits per heavy atom. The van der Waals surface area contributed by atoms with E-state index in [4.69, 9.17) is 0 Å². The van der Waals surface area contributed by atoms with Crippen LogP contribution in [0.15, 0.2) is 158 Å². The van der Waals surface area contributed by atoms with Crippen LogP contribution >= 0.6 is 0 Å². The molecule has 0 amide bonds. The molecule has 0 spiro atoms. The van der Waals surface area contributed by atoms with E-state index in [1.165, 1.54) is 55.6 Å². The first kappa shape index (κ1) is 28.2. The number of benzene rings is 6. The molecule has 0 radical (unpaired) electrons. The molecule has 0 bridgehead atoms. The molecule has 2 N–H and O–H groups in total. The van der Waals surface area contributed by atoms with Gasteiger partial charge in [0.2, 0.25) is 0 Å². The van der Waals surface area contributed by atoms with Crippen LogP contribution in [-0.2, 0) is 0 Å². The minimum atomic E-state index is -0.0663. The molecule has 6 aromatic carbocycles. The molecule has 2 atom stereocenters. The maximum absolute atomic E-state index is 4.26. The first-order valence-electron chi connectivity index (χ1n) is 16.2. The summed E-state index contributed by atoms with van der Waals surface area (Å²) in [6, 6.07) is 56.9. The number of rotatable bonds is 7. The molecule has 2 aliphatic rings. The summed E-state index contributed by atoms with van der Waals surface area (Å²) < 4.78 is 0. The quantitative estimate of drug-likeness (QED) is 0.193. The Morgan fingerprint density at radius 1 is 0.304 bits per heavy atom. The summed E-state index contributed by atoms with van der Waals surface area (Å²) in [5.74, 6) is 0. The molecule has 0 unspecified atom stereocenters. The van der Waals surface area contributed by atoms with Gasteiger partial charge in [0.25, 0.3) is 0 Å². The minimum absolute atomic E-state index is 0.0176. The van der Waals surface area contributed by atoms with Crippen LogP contribution in [-0.4, -0.2) is 0 Å². The summed E-state index contributed by atoms with van der Waals surface area (Å²) in [7, 11) is 0. The van der Waals surface area contributed by atoms with Crippen molar-refractivity contribution in [1.29, 1.82) is 0 Å². The van der Waals surface area contributed by atoms with Gasteiger partial charge in [-0.3, -0.25) is 10.6 Å². The second kappa shape index (κ2) is 12.6. The fraction of sp³-hybridized carbons (Fsp3) is 0.0909. The van der Waals surface area contributed by atoms with Crippen LogP contribution < -0.4 is 10.6 Å². The summed E-state index contributed by atoms with van der Waals surface area (Å²) >= 11 is 0. The predicted octanol–water partition coefficient (Wildman–Crippen LogP) is 10.2. The van der Waals surface area contributed by atoms with Crippen LogP contribution in [0.4, 0.5) is 0 Å². The molecule has 0 aromatic heterocycles. The zero-order chi connectivity index (χ0) is 30.7. The largest absolute Gasteiger partial charge is 0.298 e. The van der Waals surface area contributed by atoms with Gasteiger partial charge >= 0.3 is 0 Å². The van der Waals surface area contributed by atoms with Crippen LogP contribution in [0.5, 0.6) is 0 Å². The Balaban J connectivity index is 1.30. The van der Waals surface area contributed by atoms with Crippen molar-refractivity contribution in [2.24, 2.45) is 0 Å². The number of hydrogen-bond acceptors (Lipinski definition) is 2. The highest BCUT2D eigenvalue weighted by atomic mass is 15.1. The second-order valence-electron chi connectivity index (χ2n) is 12.2. The van der Waals surface area contributed by atoms with Gasteiger partial charge in [-0.2, -0.15) is 0 Å². The zero-order valence-corrected chi connectivity index (χ0v) is 25.6. The molecule has 2 aliphatic carbocycles. The zero-order valence-electron chi connectivity index (χ0n) is 25.6. The molecule has 2 heteroatoms. The summed E-state index contributed by atoms with van der Waals surface area (Å²) in [6.45, 7) is 0. The normalized spacial score (nSPS) is 15.0. The van der Waals surface area contributed by atoms with E-state index in [0.717, 1.165) is 0 Å². The standard InChI is InChI=1S/C44H36N2/c1-3-19-35(20-4-1)41(45-43-37-23-11-7-15-31(37)27-28-32-16-8-12-24-38(32)43)42(36-21-5-2-6-22-36)46-44-39-25-13-9-17-33(39)29-30-34-18-10-14-26-40(34)44/h1-30,41-46H/t41-,42-/m0/s1. The van der Waals surface area contributed by atoms with Crippen LogP contribution in [0.3, 0.4) is 0 Å². The fourth-order valence-corrected chi connectivity index (χ4v) is 7.21. The summed E-state index contributed by atoms with van der Waals surface area (Å²) in [6.07, 6.45) is 9.03. The number of fused-ring (bicyclic) bond motifs is 4. The molecule has 0 saturated carbocycles. The lowest BCUT2D eigenvalue weighted by Crippen LogP contribution is -2.40. The maximum Gasteiger partial charge on any atom is 0.0593 e. The van der Waals surface area contributed by atoms with Crippen LogP contribution in [0, 0.1) is 0 Å². The van der Waals surface area contributed by atoms with E-state index in [-0.39, 0.29) is 24.2 Å². The highest BCUT2D eigenvalue weighted by Gasteiger charge is 2.33. The Kier molecular flexibility index (Phi) is 7.73. The van der Waals surface area contributed by atoms with E-state index in [0.29, 0.717) is 0 Å².